The van der Waals surface area contributed by atoms with Crippen LogP contribution in [-0.4, -0.2) is 18.3 Å². The molecular weight excluding hydrogens is 1470 g/mol. The molecule has 0 fully saturated rings. The molecule has 0 atom stereocenters. The minimum absolute atomic E-state index is 1.18. The van der Waals surface area contributed by atoms with Crippen LogP contribution in [0, 0.1) is 27.7 Å². The van der Waals surface area contributed by atoms with Gasteiger partial charge in [-0.3, -0.25) is 0 Å². The summed E-state index contributed by atoms with van der Waals surface area (Å²) >= 11 is 0. The van der Waals surface area contributed by atoms with Crippen LogP contribution in [0.15, 0.2) is 461 Å². The van der Waals surface area contributed by atoms with Crippen LogP contribution in [-0.2, 0) is 0 Å². The molecule has 0 aliphatic carbocycles. The van der Waals surface area contributed by atoms with Crippen molar-refractivity contribution in [1.82, 2.24) is 18.3 Å². The van der Waals surface area contributed by atoms with E-state index in [1.807, 2.05) is 0 Å². The van der Waals surface area contributed by atoms with Crippen molar-refractivity contribution < 1.29 is 0 Å². The fourth-order valence-corrected chi connectivity index (χ4v) is 17.8. The molecule has 0 amide bonds. The van der Waals surface area contributed by atoms with Crippen molar-refractivity contribution in [3.8, 4) is 101 Å². The molecule has 0 aliphatic heterocycles. The van der Waals surface area contributed by atoms with Crippen molar-refractivity contribution in [3.05, 3.63) is 483 Å². The lowest BCUT2D eigenvalue weighted by atomic mass is 9.97. The standard InChI is InChI=1S/3C31H23N.C25H19N/c1-22-15-17-24(18-16-22)27-13-8-14-30-31(27)28-21-25(23-9-4-2-5-10-23)19-20-29(28)32(30)26-11-6-3-7-12-26;1-22-15-17-24(18-16-22)27-13-8-14-28-29-21-25(23-9-4-2-5-10-23)19-20-30(29)32(31(27)28)26-11-6-3-7-12-26;1-22-12-14-24(15-13-22)26-16-18-28-29-20-25(23-8-4-2-5-9-23)17-19-30(29)32(31(28)21-26)27-10-6-3-7-11-27;1-18-10-12-19(13-11-18)20-14-16-21(17-15-20)26-24-8-4-2-6-22(24)23-7-3-5-9-25(23)26/h3*2-21H,1H3;2-17H,1H3. The van der Waals surface area contributed by atoms with Gasteiger partial charge in [0.2, 0.25) is 0 Å². The second-order valence-electron chi connectivity index (χ2n) is 31.8. The number of nitrogens with zero attached hydrogens (tertiary/aromatic N) is 4. The molecule has 4 nitrogen and oxygen atoms in total. The molecule has 0 N–H and O–H groups in total. The van der Waals surface area contributed by atoms with Crippen LogP contribution in [0.25, 0.3) is 188 Å². The number of hydrogen-bond donors (Lipinski definition) is 0. The number of fused-ring (bicyclic) bond motifs is 12. The van der Waals surface area contributed by atoms with Crippen LogP contribution < -0.4 is 0 Å². The van der Waals surface area contributed by atoms with E-state index < -0.39 is 0 Å². The van der Waals surface area contributed by atoms with E-state index >= 15 is 0 Å². The topological polar surface area (TPSA) is 19.7 Å². The molecule has 4 aromatic heterocycles. The van der Waals surface area contributed by atoms with Gasteiger partial charge in [0.15, 0.2) is 0 Å². The summed E-state index contributed by atoms with van der Waals surface area (Å²) in [6, 6.07) is 166. The average Bonchev–Trinajstić information content (AvgIpc) is 1.59. The van der Waals surface area contributed by atoms with Crippen LogP contribution in [0.3, 0.4) is 0 Å². The highest BCUT2D eigenvalue weighted by Gasteiger charge is 2.22. The maximum absolute atomic E-state index is 2.41. The Morgan fingerprint density at radius 1 is 0.139 bits per heavy atom. The highest BCUT2D eigenvalue weighted by molar-refractivity contribution is 6.18. The molecule has 0 aliphatic rings. The molecule has 19 aromatic carbocycles. The third-order valence-corrected chi connectivity index (χ3v) is 23.9. The Balaban J connectivity index is 0.000000104. The van der Waals surface area contributed by atoms with E-state index in [4.69, 9.17) is 0 Å². The molecule has 23 aromatic rings. The van der Waals surface area contributed by atoms with Gasteiger partial charge in [0.25, 0.3) is 0 Å². The van der Waals surface area contributed by atoms with E-state index in [-0.39, 0.29) is 0 Å². The van der Waals surface area contributed by atoms with Gasteiger partial charge < -0.3 is 18.3 Å². The molecular formula is C118H88N4. The lowest BCUT2D eigenvalue weighted by molar-refractivity contribution is 1.18. The van der Waals surface area contributed by atoms with Crippen LogP contribution in [0.5, 0.6) is 0 Å². The highest BCUT2D eigenvalue weighted by atomic mass is 15.0. The molecule has 122 heavy (non-hydrogen) atoms. The number of rotatable bonds is 11. The van der Waals surface area contributed by atoms with Gasteiger partial charge >= 0.3 is 0 Å². The molecule has 0 saturated heterocycles. The first-order chi connectivity index (χ1) is 60.2. The quantitative estimate of drug-likeness (QED) is 0.123. The Morgan fingerprint density at radius 2 is 0.410 bits per heavy atom. The summed E-state index contributed by atoms with van der Waals surface area (Å²) in [5.74, 6) is 0. The van der Waals surface area contributed by atoms with Crippen LogP contribution >= 0.6 is 0 Å². The maximum Gasteiger partial charge on any atom is 0.0619 e. The zero-order valence-corrected chi connectivity index (χ0v) is 68.7. The van der Waals surface area contributed by atoms with E-state index in [0.29, 0.717) is 0 Å². The van der Waals surface area contributed by atoms with Gasteiger partial charge in [0.05, 0.1) is 44.1 Å². The average molecular weight is 1560 g/mol. The smallest absolute Gasteiger partial charge is 0.0619 e. The normalized spacial score (nSPS) is 11.3. The van der Waals surface area contributed by atoms with Gasteiger partial charge in [-0.1, -0.05) is 374 Å². The second kappa shape index (κ2) is 33.1. The van der Waals surface area contributed by atoms with E-state index in [0.717, 1.165) is 0 Å². The highest BCUT2D eigenvalue weighted by Crippen LogP contribution is 2.44. The molecule has 0 bridgehead atoms. The number of para-hydroxylation sites is 6. The predicted molar refractivity (Wildman–Crippen MR) is 520 cm³/mol. The Kier molecular flexibility index (Phi) is 20.4. The minimum Gasteiger partial charge on any atom is -0.309 e. The summed E-state index contributed by atoms with van der Waals surface area (Å²) in [6.07, 6.45) is 0. The zero-order chi connectivity index (χ0) is 82.0. The molecule has 0 radical (unpaired) electrons. The first-order valence-corrected chi connectivity index (χ1v) is 42.1. The lowest BCUT2D eigenvalue weighted by Gasteiger charge is -2.12. The Morgan fingerprint density at radius 3 is 0.885 bits per heavy atom. The van der Waals surface area contributed by atoms with Crippen molar-refractivity contribution in [2.24, 2.45) is 0 Å². The number of aryl methyl sites for hydroxylation is 4. The monoisotopic (exact) mass is 1560 g/mol. The molecule has 0 spiro atoms. The summed E-state index contributed by atoms with van der Waals surface area (Å²) in [5, 5.41) is 10.3. The van der Waals surface area contributed by atoms with Crippen molar-refractivity contribution in [3.63, 3.8) is 0 Å². The molecule has 0 saturated carbocycles. The second-order valence-corrected chi connectivity index (χ2v) is 31.8. The minimum atomic E-state index is 1.18. The molecule has 4 heterocycles. The summed E-state index contributed by atoms with van der Waals surface area (Å²) in [4.78, 5) is 0. The third-order valence-electron chi connectivity index (χ3n) is 23.9. The van der Waals surface area contributed by atoms with Crippen LogP contribution in [0.2, 0.25) is 0 Å². The number of aromatic nitrogens is 4. The fraction of sp³-hybridized carbons (Fsp3) is 0.0339. The summed E-state index contributed by atoms with van der Waals surface area (Å²) in [7, 11) is 0. The third kappa shape index (κ3) is 14.6. The van der Waals surface area contributed by atoms with E-state index in [2.05, 4.69) is 507 Å². The number of hydrogen-bond acceptors (Lipinski definition) is 0. The Labute approximate surface area is 712 Å². The molecule has 23 rings (SSSR count). The number of benzene rings is 19. The SMILES string of the molecule is Cc1ccc(-c2ccc(-n3c4ccccc4c4ccccc43)cc2)cc1.Cc1ccc(-c2ccc3c4cc(-c5ccccc5)ccc4n(-c4ccccc4)c3c2)cc1.Cc1ccc(-c2cccc3c2c2cc(-c4ccccc4)ccc2n3-c2ccccc2)cc1.Cc1ccc(-c2cccc3c4cc(-c5ccccc5)ccc4n(-c4ccccc4)c23)cc1. The zero-order valence-electron chi connectivity index (χ0n) is 68.7. The van der Waals surface area contributed by atoms with Gasteiger partial charge in [-0.05, 0) is 209 Å². The summed E-state index contributed by atoms with van der Waals surface area (Å²) < 4.78 is 9.53. The first kappa shape index (κ1) is 75.1. The predicted octanol–water partition coefficient (Wildman–Crippen LogP) is 32.0. The Bertz CT molecular complexity index is 7570. The summed E-state index contributed by atoms with van der Waals surface area (Å²) in [6.45, 7) is 8.52. The van der Waals surface area contributed by atoms with Gasteiger partial charge in [-0.25, -0.2) is 0 Å². The van der Waals surface area contributed by atoms with Crippen LogP contribution in [0.1, 0.15) is 22.3 Å². The van der Waals surface area contributed by atoms with Gasteiger partial charge in [-0.15, -0.1) is 0 Å². The van der Waals surface area contributed by atoms with Crippen molar-refractivity contribution in [2.75, 3.05) is 0 Å². The maximum atomic E-state index is 2.41. The van der Waals surface area contributed by atoms with Crippen molar-refractivity contribution in [1.29, 1.82) is 0 Å². The molecule has 580 valence electrons. The lowest BCUT2D eigenvalue weighted by Crippen LogP contribution is -1.95. The van der Waals surface area contributed by atoms with E-state index in [9.17, 15) is 0 Å². The van der Waals surface area contributed by atoms with Crippen molar-refractivity contribution in [2.45, 2.75) is 27.7 Å². The van der Waals surface area contributed by atoms with Crippen molar-refractivity contribution >= 4 is 87.2 Å². The van der Waals surface area contributed by atoms with Gasteiger partial charge in [-0.2, -0.15) is 0 Å². The molecule has 4 heteroatoms. The van der Waals surface area contributed by atoms with E-state index in [1.54, 1.807) is 0 Å². The van der Waals surface area contributed by atoms with Crippen LogP contribution in [0.4, 0.5) is 0 Å². The first-order valence-electron chi connectivity index (χ1n) is 42.1. The summed E-state index contributed by atoms with van der Waals surface area (Å²) in [5.41, 5.74) is 37.2. The van der Waals surface area contributed by atoms with Gasteiger partial charge in [0.1, 0.15) is 0 Å². The molecule has 0 unspecified atom stereocenters. The van der Waals surface area contributed by atoms with Gasteiger partial charge in [0, 0.05) is 71.4 Å². The Hall–Kier alpha value is -15.6. The fourth-order valence-electron chi connectivity index (χ4n) is 17.8. The largest absolute Gasteiger partial charge is 0.309 e. The van der Waals surface area contributed by atoms with E-state index in [1.165, 1.54) is 210 Å².